The van der Waals surface area contributed by atoms with Gasteiger partial charge in [-0.2, -0.15) is 0 Å². The largest absolute Gasteiger partial charge is 0.573 e. The number of hydrogen-bond donors (Lipinski definition) is 3. The first-order valence-corrected chi connectivity index (χ1v) is 8.03. The molecular formula is C12H14F5N3O4S. The minimum absolute atomic E-state index is 0.442. The van der Waals surface area contributed by atoms with Crippen LogP contribution in [0.4, 0.5) is 22.0 Å². The quantitative estimate of drug-likeness (QED) is 0.562. The van der Waals surface area contributed by atoms with Gasteiger partial charge in [0.15, 0.2) is 0 Å². The van der Waals surface area contributed by atoms with Gasteiger partial charge in [0.05, 0.1) is 24.5 Å². The highest BCUT2D eigenvalue weighted by molar-refractivity contribution is 7.89. The monoisotopic (exact) mass is 391 g/mol. The van der Waals surface area contributed by atoms with E-state index in [1.165, 1.54) is 0 Å². The van der Waals surface area contributed by atoms with Crippen molar-refractivity contribution in [3.05, 3.63) is 24.3 Å². The second-order valence-electron chi connectivity index (χ2n) is 4.68. The van der Waals surface area contributed by atoms with Gasteiger partial charge < -0.3 is 15.8 Å². The lowest BCUT2D eigenvalue weighted by atomic mass is 10.3. The van der Waals surface area contributed by atoms with E-state index in [1.807, 2.05) is 4.72 Å². The van der Waals surface area contributed by atoms with Crippen LogP contribution < -0.4 is 20.5 Å². The molecule has 0 heterocycles. The summed E-state index contributed by atoms with van der Waals surface area (Å²) in [5.74, 6) is -5.00. The van der Waals surface area contributed by atoms with Gasteiger partial charge in [-0.1, -0.05) is 0 Å². The highest BCUT2D eigenvalue weighted by Gasteiger charge is 2.31. The average Bonchev–Trinajstić information content (AvgIpc) is 2.50. The van der Waals surface area contributed by atoms with Crippen molar-refractivity contribution in [1.82, 2.24) is 10.0 Å². The Labute approximate surface area is 139 Å². The predicted molar refractivity (Wildman–Crippen MR) is 75.3 cm³/mol. The molecule has 13 heteroatoms. The van der Waals surface area contributed by atoms with Crippen LogP contribution in [0.15, 0.2) is 29.2 Å². The zero-order valence-corrected chi connectivity index (χ0v) is 13.3. The third-order valence-corrected chi connectivity index (χ3v) is 4.05. The van der Waals surface area contributed by atoms with E-state index in [9.17, 15) is 35.2 Å². The lowest BCUT2D eigenvalue weighted by Crippen LogP contribution is -2.44. The van der Waals surface area contributed by atoms with Crippen molar-refractivity contribution >= 4 is 15.9 Å². The molecule has 0 radical (unpaired) electrons. The Morgan fingerprint density at radius 1 is 1.12 bits per heavy atom. The molecule has 1 aromatic carbocycles. The minimum atomic E-state index is -4.93. The maximum absolute atomic E-state index is 12.8. The highest BCUT2D eigenvalue weighted by atomic mass is 32.2. The molecule has 0 aliphatic carbocycles. The molecule has 4 N–H and O–H groups in total. The van der Waals surface area contributed by atoms with Gasteiger partial charge in [0.25, 0.3) is 5.92 Å². The second-order valence-corrected chi connectivity index (χ2v) is 6.45. The van der Waals surface area contributed by atoms with Gasteiger partial charge in [0, 0.05) is 0 Å². The van der Waals surface area contributed by atoms with E-state index in [4.69, 9.17) is 5.73 Å². The van der Waals surface area contributed by atoms with E-state index in [0.29, 0.717) is 0 Å². The summed E-state index contributed by atoms with van der Waals surface area (Å²) in [5, 5.41) is 1.79. The zero-order chi connectivity index (χ0) is 19.3. The summed E-state index contributed by atoms with van der Waals surface area (Å²) < 4.78 is 90.8. The summed E-state index contributed by atoms with van der Waals surface area (Å²) >= 11 is 0. The van der Waals surface area contributed by atoms with Crippen LogP contribution in [-0.2, 0) is 14.8 Å². The number of nitrogens with one attached hydrogen (secondary N) is 2. The number of halogens is 5. The SMILES string of the molecule is NCC(F)(F)CNC(=O)CNS(=O)(=O)c1ccc(OC(F)(F)F)cc1. The highest BCUT2D eigenvalue weighted by Crippen LogP contribution is 2.23. The maximum atomic E-state index is 12.8. The Morgan fingerprint density at radius 3 is 2.16 bits per heavy atom. The standard InChI is InChI=1S/C12H14F5N3O4S/c13-11(14,6-18)7-19-10(21)5-20-25(22,23)9-3-1-8(2-4-9)24-12(15,16)17/h1-4,20H,5-7,18H2,(H,19,21). The van der Waals surface area contributed by atoms with E-state index >= 15 is 0 Å². The van der Waals surface area contributed by atoms with Crippen LogP contribution >= 0.6 is 0 Å². The molecule has 0 aliphatic rings. The van der Waals surface area contributed by atoms with Crippen LogP contribution in [0.1, 0.15) is 0 Å². The normalized spacial score (nSPS) is 12.7. The van der Waals surface area contributed by atoms with Gasteiger partial charge in [0.1, 0.15) is 5.75 Å². The molecule has 0 saturated heterocycles. The number of amides is 1. The first-order valence-electron chi connectivity index (χ1n) is 6.55. The number of carbonyl (C=O) groups excluding carboxylic acids is 1. The van der Waals surface area contributed by atoms with Gasteiger partial charge in [-0.15, -0.1) is 13.2 Å². The molecule has 0 aromatic heterocycles. The fraction of sp³-hybridized carbons (Fsp3) is 0.417. The Balaban J connectivity index is 2.62. The third-order valence-electron chi connectivity index (χ3n) is 2.63. The minimum Gasteiger partial charge on any atom is -0.406 e. The number of hydrogen-bond acceptors (Lipinski definition) is 5. The van der Waals surface area contributed by atoms with Crippen LogP contribution in [0.25, 0.3) is 0 Å². The lowest BCUT2D eigenvalue weighted by molar-refractivity contribution is -0.274. The molecule has 0 atom stereocenters. The molecule has 0 spiro atoms. The van der Waals surface area contributed by atoms with E-state index in [0.717, 1.165) is 24.3 Å². The number of carbonyl (C=O) groups is 1. The van der Waals surface area contributed by atoms with Crippen LogP contribution in [0.5, 0.6) is 5.75 Å². The number of ether oxygens (including phenoxy) is 1. The molecule has 1 aromatic rings. The van der Waals surface area contributed by atoms with Crippen LogP contribution in [0.2, 0.25) is 0 Å². The van der Waals surface area contributed by atoms with Gasteiger partial charge in [-0.05, 0) is 24.3 Å². The number of benzene rings is 1. The summed E-state index contributed by atoms with van der Waals surface area (Å²) in [4.78, 5) is 10.9. The summed E-state index contributed by atoms with van der Waals surface area (Å²) in [6.45, 7) is -2.90. The molecule has 0 unspecified atom stereocenters. The molecule has 0 aliphatic heterocycles. The number of rotatable bonds is 8. The van der Waals surface area contributed by atoms with E-state index < -0.39 is 58.5 Å². The average molecular weight is 391 g/mol. The topological polar surface area (TPSA) is 111 Å². The van der Waals surface area contributed by atoms with Gasteiger partial charge in [-0.25, -0.2) is 21.9 Å². The summed E-state index contributed by atoms with van der Waals surface area (Å²) in [5.41, 5.74) is 4.77. The fourth-order valence-corrected chi connectivity index (χ4v) is 2.41. The molecule has 0 bridgehead atoms. The molecule has 1 amide bonds. The smallest absolute Gasteiger partial charge is 0.406 e. The number of alkyl halides is 5. The van der Waals surface area contributed by atoms with Gasteiger partial charge in [0.2, 0.25) is 15.9 Å². The molecule has 0 fully saturated rings. The summed E-state index contributed by atoms with van der Waals surface area (Å²) in [7, 11) is -4.23. The third kappa shape index (κ3) is 7.62. The van der Waals surface area contributed by atoms with E-state index in [2.05, 4.69) is 4.74 Å². The van der Waals surface area contributed by atoms with Gasteiger partial charge >= 0.3 is 6.36 Å². The first-order chi connectivity index (χ1) is 11.3. The summed E-state index contributed by atoms with van der Waals surface area (Å²) in [6, 6.07) is 3.18. The Kier molecular flexibility index (Phi) is 6.68. The Morgan fingerprint density at radius 2 is 1.68 bits per heavy atom. The Hall–Kier alpha value is -1.99. The summed E-state index contributed by atoms with van der Waals surface area (Å²) in [6.07, 6.45) is -4.93. The number of sulfonamides is 1. The van der Waals surface area contributed by atoms with E-state index in [1.54, 1.807) is 5.32 Å². The molecule has 0 saturated carbocycles. The fourth-order valence-electron chi connectivity index (χ4n) is 1.43. The van der Waals surface area contributed by atoms with E-state index in [-0.39, 0.29) is 0 Å². The zero-order valence-electron chi connectivity index (χ0n) is 12.4. The van der Waals surface area contributed by atoms with Crippen molar-refractivity contribution in [2.45, 2.75) is 17.2 Å². The molecule has 1 rings (SSSR count). The van der Waals surface area contributed by atoms with Crippen molar-refractivity contribution in [3.8, 4) is 5.75 Å². The molecular weight excluding hydrogens is 377 g/mol. The van der Waals surface area contributed by atoms with Crippen molar-refractivity contribution in [2.24, 2.45) is 5.73 Å². The molecule has 7 nitrogen and oxygen atoms in total. The maximum Gasteiger partial charge on any atom is 0.573 e. The molecule has 25 heavy (non-hydrogen) atoms. The lowest BCUT2D eigenvalue weighted by Gasteiger charge is -2.14. The van der Waals surface area contributed by atoms with Crippen molar-refractivity contribution in [3.63, 3.8) is 0 Å². The first kappa shape index (κ1) is 21.1. The van der Waals surface area contributed by atoms with Crippen LogP contribution in [0.3, 0.4) is 0 Å². The predicted octanol–water partition coefficient (Wildman–Crippen LogP) is 0.574. The molecule has 142 valence electrons. The Bertz CT molecular complexity index is 692. The second kappa shape index (κ2) is 7.93. The number of nitrogens with two attached hydrogens (primary N) is 1. The van der Waals surface area contributed by atoms with Crippen molar-refractivity contribution in [2.75, 3.05) is 19.6 Å². The van der Waals surface area contributed by atoms with Crippen LogP contribution in [0, 0.1) is 0 Å². The van der Waals surface area contributed by atoms with Crippen LogP contribution in [-0.4, -0.2) is 46.2 Å². The van der Waals surface area contributed by atoms with Crippen molar-refractivity contribution in [1.29, 1.82) is 0 Å². The van der Waals surface area contributed by atoms with Crippen molar-refractivity contribution < 1.29 is 39.9 Å². The van der Waals surface area contributed by atoms with Gasteiger partial charge in [-0.3, -0.25) is 4.79 Å².